The molecule has 7 heteroatoms. The molecule has 4 rings (SSSR count). The number of fused-ring (bicyclic) bond motifs is 1. The second-order valence-corrected chi connectivity index (χ2v) is 9.47. The molecule has 0 unspecified atom stereocenters. The summed E-state index contributed by atoms with van der Waals surface area (Å²) in [5.41, 5.74) is 1.18. The second-order valence-electron chi connectivity index (χ2n) is 8.41. The summed E-state index contributed by atoms with van der Waals surface area (Å²) in [6, 6.07) is 0.190. The molecule has 1 saturated carbocycles. The second kappa shape index (κ2) is 7.78. The van der Waals surface area contributed by atoms with Gasteiger partial charge in [-0.05, 0) is 46.0 Å². The lowest BCUT2D eigenvalue weighted by molar-refractivity contribution is -0.138. The Morgan fingerprint density at radius 1 is 1.11 bits per heavy atom. The van der Waals surface area contributed by atoms with Crippen molar-refractivity contribution < 1.29 is 9.59 Å². The first-order valence-corrected chi connectivity index (χ1v) is 11.2. The monoisotopic (exact) mass is 390 g/mol. The smallest absolute Gasteiger partial charge is 0.225 e. The van der Waals surface area contributed by atoms with Crippen molar-refractivity contribution in [2.75, 3.05) is 31.1 Å². The molecule has 2 amide bonds. The number of aromatic nitrogens is 1. The van der Waals surface area contributed by atoms with E-state index in [1.807, 2.05) is 18.7 Å². The van der Waals surface area contributed by atoms with Crippen molar-refractivity contribution in [3.63, 3.8) is 0 Å². The fourth-order valence-corrected chi connectivity index (χ4v) is 5.39. The highest BCUT2D eigenvalue weighted by Gasteiger charge is 2.33. The predicted octanol–water partition coefficient (Wildman–Crippen LogP) is 2.22. The number of piperazine rings is 1. The van der Waals surface area contributed by atoms with Crippen LogP contribution in [0.2, 0.25) is 0 Å². The molecule has 6 nitrogen and oxygen atoms in total. The van der Waals surface area contributed by atoms with Crippen LogP contribution in [0.25, 0.3) is 0 Å². The van der Waals surface area contributed by atoms with E-state index in [0.29, 0.717) is 5.91 Å². The third-order valence-corrected chi connectivity index (χ3v) is 7.23. The van der Waals surface area contributed by atoms with E-state index < -0.39 is 0 Å². The van der Waals surface area contributed by atoms with Gasteiger partial charge in [-0.25, -0.2) is 4.98 Å². The van der Waals surface area contributed by atoms with Crippen molar-refractivity contribution in [3.05, 3.63) is 10.6 Å². The number of amides is 2. The van der Waals surface area contributed by atoms with Crippen LogP contribution in [-0.4, -0.2) is 53.9 Å². The third-order valence-electron chi connectivity index (χ3n) is 6.05. The maximum atomic E-state index is 12.4. The van der Waals surface area contributed by atoms with Gasteiger partial charge in [0.25, 0.3) is 0 Å². The van der Waals surface area contributed by atoms with Gasteiger partial charge in [-0.2, -0.15) is 0 Å². The van der Waals surface area contributed by atoms with Gasteiger partial charge in [0.1, 0.15) is 0 Å². The van der Waals surface area contributed by atoms with Crippen LogP contribution in [0.15, 0.2) is 0 Å². The molecule has 27 heavy (non-hydrogen) atoms. The highest BCUT2D eigenvalue weighted by molar-refractivity contribution is 7.15. The first kappa shape index (κ1) is 18.7. The summed E-state index contributed by atoms with van der Waals surface area (Å²) >= 11 is 1.74. The molecule has 2 heterocycles. The quantitative estimate of drug-likeness (QED) is 0.856. The van der Waals surface area contributed by atoms with E-state index in [4.69, 9.17) is 4.98 Å². The Hall–Kier alpha value is -1.63. The summed E-state index contributed by atoms with van der Waals surface area (Å²) in [7, 11) is 0. The van der Waals surface area contributed by atoms with Gasteiger partial charge in [0.15, 0.2) is 5.13 Å². The molecule has 2 fully saturated rings. The zero-order chi connectivity index (χ0) is 19.0. The summed E-state index contributed by atoms with van der Waals surface area (Å²) in [4.78, 5) is 35.3. The fraction of sp³-hybridized carbons (Fsp3) is 0.750. The average molecular weight is 391 g/mol. The van der Waals surface area contributed by atoms with Crippen LogP contribution in [-0.2, 0) is 22.4 Å². The van der Waals surface area contributed by atoms with Crippen LogP contribution >= 0.6 is 11.3 Å². The summed E-state index contributed by atoms with van der Waals surface area (Å²) < 4.78 is 0. The minimum Gasteiger partial charge on any atom is -0.354 e. The number of thiazole rings is 1. The first-order chi connectivity index (χ1) is 13.0. The van der Waals surface area contributed by atoms with Gasteiger partial charge >= 0.3 is 0 Å². The summed E-state index contributed by atoms with van der Waals surface area (Å²) in [5.74, 6) is 0.898. The Labute approximate surface area is 165 Å². The molecule has 1 aromatic heterocycles. The topological polar surface area (TPSA) is 65.5 Å². The van der Waals surface area contributed by atoms with Gasteiger partial charge in [-0.15, -0.1) is 11.3 Å². The molecule has 0 radical (unpaired) electrons. The predicted molar refractivity (Wildman–Crippen MR) is 107 cm³/mol. The van der Waals surface area contributed by atoms with Crippen molar-refractivity contribution >= 4 is 28.3 Å². The van der Waals surface area contributed by atoms with Crippen molar-refractivity contribution in [1.82, 2.24) is 15.2 Å². The number of aryl methyl sites for hydroxylation is 1. The number of anilines is 1. The lowest BCUT2D eigenvalue weighted by atomic mass is 9.84. The zero-order valence-corrected chi connectivity index (χ0v) is 17.2. The van der Waals surface area contributed by atoms with Gasteiger partial charge < -0.3 is 15.1 Å². The Balaban J connectivity index is 1.35. The molecule has 1 aliphatic heterocycles. The minimum absolute atomic E-state index is 0.0742. The molecule has 0 bridgehead atoms. The fourth-order valence-electron chi connectivity index (χ4n) is 4.15. The summed E-state index contributed by atoms with van der Waals surface area (Å²) in [5, 5.41) is 4.11. The van der Waals surface area contributed by atoms with E-state index in [9.17, 15) is 9.59 Å². The number of carbonyl (C=O) groups excluding carboxylic acids is 2. The van der Waals surface area contributed by atoms with Gasteiger partial charge in [0.2, 0.25) is 11.8 Å². The molecule has 2 aliphatic carbocycles. The summed E-state index contributed by atoms with van der Waals surface area (Å²) in [6.07, 6.45) is 5.94. The molecule has 0 aromatic carbocycles. The summed E-state index contributed by atoms with van der Waals surface area (Å²) in [6.45, 7) is 7.35. The third kappa shape index (κ3) is 3.98. The highest BCUT2D eigenvalue weighted by Crippen LogP contribution is 2.35. The van der Waals surface area contributed by atoms with Crippen molar-refractivity contribution in [2.45, 2.75) is 58.4 Å². The van der Waals surface area contributed by atoms with E-state index in [1.54, 1.807) is 11.3 Å². The van der Waals surface area contributed by atoms with Crippen LogP contribution in [0.1, 0.15) is 50.1 Å². The number of nitrogens with zero attached hydrogens (tertiary/aromatic N) is 3. The number of carbonyl (C=O) groups is 2. The number of hydrogen-bond acceptors (Lipinski definition) is 5. The standard InChI is InChI=1S/C20H30N4O2S/c1-13(2)21-18(25)15-6-7-16-17(12-15)27-20(22-16)24-10-8-23(9-11-24)19(26)14-4-3-5-14/h13-15H,3-12H2,1-2H3,(H,21,25)/t15-/m0/s1. The van der Waals surface area contributed by atoms with E-state index in [0.717, 1.165) is 63.4 Å². The van der Waals surface area contributed by atoms with E-state index in [-0.39, 0.29) is 23.8 Å². The largest absolute Gasteiger partial charge is 0.354 e. The number of rotatable bonds is 4. The van der Waals surface area contributed by atoms with E-state index in [1.165, 1.54) is 17.0 Å². The molecule has 3 aliphatic rings. The van der Waals surface area contributed by atoms with Crippen LogP contribution in [0.5, 0.6) is 0 Å². The minimum atomic E-state index is 0.0742. The molecule has 1 N–H and O–H groups in total. The van der Waals surface area contributed by atoms with Crippen LogP contribution < -0.4 is 10.2 Å². The average Bonchev–Trinajstić information content (AvgIpc) is 3.03. The van der Waals surface area contributed by atoms with Crippen LogP contribution in [0, 0.1) is 11.8 Å². The SMILES string of the molecule is CC(C)NC(=O)[C@H]1CCc2nc(N3CCN(C(=O)C4CCC4)CC3)sc2C1. The van der Waals surface area contributed by atoms with Crippen molar-refractivity contribution in [2.24, 2.45) is 11.8 Å². The lowest BCUT2D eigenvalue weighted by Gasteiger charge is -2.38. The van der Waals surface area contributed by atoms with Gasteiger partial charge in [0.05, 0.1) is 5.69 Å². The van der Waals surface area contributed by atoms with Crippen molar-refractivity contribution in [1.29, 1.82) is 0 Å². The van der Waals surface area contributed by atoms with E-state index in [2.05, 4.69) is 10.2 Å². The molecular weight excluding hydrogens is 360 g/mol. The van der Waals surface area contributed by atoms with Gasteiger partial charge in [-0.1, -0.05) is 6.42 Å². The van der Waals surface area contributed by atoms with Crippen molar-refractivity contribution in [3.8, 4) is 0 Å². The van der Waals surface area contributed by atoms with Gasteiger partial charge in [0, 0.05) is 48.9 Å². The molecule has 148 valence electrons. The van der Waals surface area contributed by atoms with Crippen LogP contribution in [0.4, 0.5) is 5.13 Å². The normalized spacial score (nSPS) is 23.1. The maximum Gasteiger partial charge on any atom is 0.225 e. The number of hydrogen-bond donors (Lipinski definition) is 1. The highest BCUT2D eigenvalue weighted by atomic mass is 32.1. The molecular formula is C20H30N4O2S. The van der Waals surface area contributed by atoms with E-state index >= 15 is 0 Å². The molecule has 1 aromatic rings. The molecule has 0 spiro atoms. The molecule has 1 atom stereocenters. The zero-order valence-electron chi connectivity index (χ0n) is 16.4. The number of nitrogens with one attached hydrogen (secondary N) is 1. The van der Waals surface area contributed by atoms with Crippen LogP contribution in [0.3, 0.4) is 0 Å². The Morgan fingerprint density at radius 2 is 1.85 bits per heavy atom. The Bertz CT molecular complexity index is 705. The molecule has 1 saturated heterocycles. The Kier molecular flexibility index (Phi) is 5.39. The lowest BCUT2D eigenvalue weighted by Crippen LogP contribution is -2.51. The van der Waals surface area contributed by atoms with Gasteiger partial charge in [-0.3, -0.25) is 9.59 Å². The maximum absolute atomic E-state index is 12.4. The first-order valence-electron chi connectivity index (χ1n) is 10.3. The Morgan fingerprint density at radius 3 is 2.48 bits per heavy atom.